The van der Waals surface area contributed by atoms with Crippen LogP contribution in [0.25, 0.3) is 0 Å². The molecular formula is C19H22N2O. The van der Waals surface area contributed by atoms with Crippen molar-refractivity contribution < 1.29 is 4.74 Å². The minimum Gasteiger partial charge on any atom is -0.497 e. The van der Waals surface area contributed by atoms with Crippen molar-refractivity contribution in [3.05, 3.63) is 59.7 Å². The first-order valence-electron chi connectivity index (χ1n) is 8.03. The molecule has 3 heteroatoms. The third kappa shape index (κ3) is 2.46. The fourth-order valence-corrected chi connectivity index (χ4v) is 3.60. The average molecular weight is 294 g/mol. The topological polar surface area (TPSA) is 15.7 Å². The zero-order valence-electron chi connectivity index (χ0n) is 13.0. The van der Waals surface area contributed by atoms with Crippen molar-refractivity contribution in [3.8, 4) is 5.75 Å². The first kappa shape index (κ1) is 13.6. The molecule has 4 rings (SSSR count). The molecule has 0 spiro atoms. The Balaban J connectivity index is 1.34. The molecular weight excluding hydrogens is 272 g/mol. The smallest absolute Gasteiger partial charge is 0.118 e. The molecule has 0 saturated carbocycles. The standard InChI is InChI=1S/C19H22N2O/c1-22-18-8-6-15(7-9-18)12-20-13-17(14-20)21-11-10-16-4-2-3-5-19(16)21/h2-9,17H,10-14H2,1H3. The van der Waals surface area contributed by atoms with Gasteiger partial charge in [-0.2, -0.15) is 0 Å². The third-order valence-electron chi connectivity index (χ3n) is 4.87. The number of hydrogen-bond donors (Lipinski definition) is 0. The molecule has 0 bridgehead atoms. The fraction of sp³-hybridized carbons (Fsp3) is 0.368. The molecule has 2 aliphatic heterocycles. The Morgan fingerprint density at radius 2 is 1.82 bits per heavy atom. The molecule has 3 nitrogen and oxygen atoms in total. The summed E-state index contributed by atoms with van der Waals surface area (Å²) in [5, 5.41) is 0. The molecule has 2 aliphatic rings. The second-order valence-corrected chi connectivity index (χ2v) is 6.27. The monoisotopic (exact) mass is 294 g/mol. The van der Waals surface area contributed by atoms with Crippen LogP contribution in [0.15, 0.2) is 48.5 Å². The number of methoxy groups -OCH3 is 1. The van der Waals surface area contributed by atoms with E-state index in [0.717, 1.165) is 12.3 Å². The summed E-state index contributed by atoms with van der Waals surface area (Å²) in [4.78, 5) is 5.12. The molecule has 0 radical (unpaired) electrons. The zero-order valence-corrected chi connectivity index (χ0v) is 13.0. The summed E-state index contributed by atoms with van der Waals surface area (Å²) in [6.45, 7) is 4.55. The van der Waals surface area contributed by atoms with E-state index in [1.54, 1.807) is 7.11 Å². The van der Waals surface area contributed by atoms with Gasteiger partial charge in [-0.05, 0) is 35.7 Å². The lowest BCUT2D eigenvalue weighted by atomic mass is 10.0. The number of para-hydroxylation sites is 1. The van der Waals surface area contributed by atoms with Gasteiger partial charge in [0.25, 0.3) is 0 Å². The van der Waals surface area contributed by atoms with E-state index in [2.05, 4.69) is 46.2 Å². The SMILES string of the molecule is COc1ccc(CN2CC(N3CCc4ccccc43)C2)cc1. The minimum absolute atomic E-state index is 0.682. The van der Waals surface area contributed by atoms with Crippen LogP contribution in [0.4, 0.5) is 5.69 Å². The van der Waals surface area contributed by atoms with Gasteiger partial charge in [0.1, 0.15) is 5.75 Å². The number of nitrogens with zero attached hydrogens (tertiary/aromatic N) is 2. The predicted octanol–water partition coefficient (Wildman–Crippen LogP) is 2.94. The molecule has 1 fully saturated rings. The molecule has 2 aromatic rings. The van der Waals surface area contributed by atoms with Gasteiger partial charge >= 0.3 is 0 Å². The highest BCUT2D eigenvalue weighted by molar-refractivity contribution is 5.59. The largest absolute Gasteiger partial charge is 0.497 e. The van der Waals surface area contributed by atoms with Crippen molar-refractivity contribution in [1.29, 1.82) is 0 Å². The second kappa shape index (κ2) is 5.65. The van der Waals surface area contributed by atoms with Crippen LogP contribution < -0.4 is 9.64 Å². The molecule has 0 aromatic heterocycles. The van der Waals surface area contributed by atoms with E-state index in [-0.39, 0.29) is 0 Å². The molecule has 0 aliphatic carbocycles. The quantitative estimate of drug-likeness (QED) is 0.862. The highest BCUT2D eigenvalue weighted by Gasteiger charge is 2.34. The third-order valence-corrected chi connectivity index (χ3v) is 4.87. The van der Waals surface area contributed by atoms with Crippen LogP contribution in [0, 0.1) is 0 Å². The minimum atomic E-state index is 0.682. The molecule has 0 amide bonds. The lowest BCUT2D eigenvalue weighted by molar-refractivity contribution is 0.137. The summed E-state index contributed by atoms with van der Waals surface area (Å²) >= 11 is 0. The van der Waals surface area contributed by atoms with E-state index in [9.17, 15) is 0 Å². The predicted molar refractivity (Wildman–Crippen MR) is 89.6 cm³/mol. The van der Waals surface area contributed by atoms with Gasteiger partial charge in [0, 0.05) is 31.9 Å². The van der Waals surface area contributed by atoms with Gasteiger partial charge in [-0.1, -0.05) is 30.3 Å². The Hall–Kier alpha value is -2.00. The van der Waals surface area contributed by atoms with Crippen molar-refractivity contribution >= 4 is 5.69 Å². The maximum Gasteiger partial charge on any atom is 0.118 e. The van der Waals surface area contributed by atoms with Crippen LogP contribution in [0.2, 0.25) is 0 Å². The van der Waals surface area contributed by atoms with Crippen molar-refractivity contribution in [1.82, 2.24) is 4.90 Å². The Kier molecular flexibility index (Phi) is 3.51. The first-order valence-corrected chi connectivity index (χ1v) is 8.03. The number of rotatable bonds is 4. The summed E-state index contributed by atoms with van der Waals surface area (Å²) in [6, 6.07) is 17.9. The summed E-state index contributed by atoms with van der Waals surface area (Å²) in [7, 11) is 1.71. The number of hydrogen-bond acceptors (Lipinski definition) is 3. The lowest BCUT2D eigenvalue weighted by Crippen LogP contribution is -2.58. The lowest BCUT2D eigenvalue weighted by Gasteiger charge is -2.45. The van der Waals surface area contributed by atoms with Crippen LogP contribution in [0.3, 0.4) is 0 Å². The summed E-state index contributed by atoms with van der Waals surface area (Å²) in [5.74, 6) is 0.930. The Bertz CT molecular complexity index is 647. The van der Waals surface area contributed by atoms with Crippen LogP contribution in [0.1, 0.15) is 11.1 Å². The van der Waals surface area contributed by atoms with E-state index in [1.165, 1.54) is 42.9 Å². The van der Waals surface area contributed by atoms with E-state index in [0.29, 0.717) is 6.04 Å². The zero-order chi connectivity index (χ0) is 14.9. The maximum absolute atomic E-state index is 5.21. The Labute approximate surface area is 132 Å². The average Bonchev–Trinajstić information content (AvgIpc) is 2.95. The highest BCUT2D eigenvalue weighted by atomic mass is 16.5. The van der Waals surface area contributed by atoms with E-state index in [1.807, 2.05) is 12.1 Å². The maximum atomic E-state index is 5.21. The van der Waals surface area contributed by atoms with Gasteiger partial charge < -0.3 is 9.64 Å². The molecule has 0 N–H and O–H groups in total. The van der Waals surface area contributed by atoms with Gasteiger partial charge in [0.2, 0.25) is 0 Å². The number of anilines is 1. The van der Waals surface area contributed by atoms with Crippen molar-refractivity contribution in [3.63, 3.8) is 0 Å². The Morgan fingerprint density at radius 1 is 1.05 bits per heavy atom. The van der Waals surface area contributed by atoms with E-state index < -0.39 is 0 Å². The highest BCUT2D eigenvalue weighted by Crippen LogP contribution is 2.32. The van der Waals surface area contributed by atoms with Gasteiger partial charge in [-0.25, -0.2) is 0 Å². The van der Waals surface area contributed by atoms with Crippen LogP contribution in [-0.2, 0) is 13.0 Å². The molecule has 0 atom stereocenters. The van der Waals surface area contributed by atoms with Crippen LogP contribution in [-0.4, -0.2) is 37.7 Å². The van der Waals surface area contributed by atoms with Crippen LogP contribution >= 0.6 is 0 Å². The summed E-state index contributed by atoms with van der Waals surface area (Å²) < 4.78 is 5.21. The van der Waals surface area contributed by atoms with Crippen molar-refractivity contribution in [2.45, 2.75) is 19.0 Å². The summed E-state index contributed by atoms with van der Waals surface area (Å²) in [6.07, 6.45) is 1.20. The first-order chi connectivity index (χ1) is 10.8. The van der Waals surface area contributed by atoms with Gasteiger partial charge in [-0.3, -0.25) is 4.90 Å². The molecule has 2 heterocycles. The molecule has 2 aromatic carbocycles. The summed E-state index contributed by atoms with van der Waals surface area (Å²) in [5.41, 5.74) is 4.33. The molecule has 22 heavy (non-hydrogen) atoms. The number of likely N-dealkylation sites (tertiary alicyclic amines) is 1. The Morgan fingerprint density at radius 3 is 2.59 bits per heavy atom. The van der Waals surface area contributed by atoms with Crippen molar-refractivity contribution in [2.75, 3.05) is 31.6 Å². The number of fused-ring (bicyclic) bond motifs is 1. The molecule has 1 saturated heterocycles. The molecule has 0 unspecified atom stereocenters. The normalized spacial score (nSPS) is 18.1. The van der Waals surface area contributed by atoms with Gasteiger partial charge in [0.15, 0.2) is 0 Å². The van der Waals surface area contributed by atoms with E-state index >= 15 is 0 Å². The van der Waals surface area contributed by atoms with Gasteiger partial charge in [-0.15, -0.1) is 0 Å². The fourth-order valence-electron chi connectivity index (χ4n) is 3.60. The van der Waals surface area contributed by atoms with Crippen LogP contribution in [0.5, 0.6) is 5.75 Å². The van der Waals surface area contributed by atoms with Gasteiger partial charge in [0.05, 0.1) is 13.2 Å². The second-order valence-electron chi connectivity index (χ2n) is 6.27. The number of benzene rings is 2. The molecule has 114 valence electrons. The van der Waals surface area contributed by atoms with Crippen molar-refractivity contribution in [2.24, 2.45) is 0 Å². The van der Waals surface area contributed by atoms with E-state index in [4.69, 9.17) is 4.74 Å². The number of ether oxygens (including phenoxy) is 1.